The molecule has 0 atom stereocenters. The minimum Gasteiger partial charge on any atom is -0.368 e. The monoisotopic (exact) mass is 304 g/mol. The van der Waals surface area contributed by atoms with Crippen LogP contribution < -0.4 is 10.6 Å². The molecule has 108 valence electrons. The van der Waals surface area contributed by atoms with Crippen LogP contribution in [0.3, 0.4) is 0 Å². The summed E-state index contributed by atoms with van der Waals surface area (Å²) >= 11 is 1.72. The van der Waals surface area contributed by atoms with Crippen molar-refractivity contribution in [3.8, 4) is 0 Å². The van der Waals surface area contributed by atoms with E-state index in [-0.39, 0.29) is 18.3 Å². The molecule has 0 aromatic carbocycles. The number of nitrogens with one attached hydrogen (secondary N) is 2. The third-order valence-corrected chi connectivity index (χ3v) is 4.39. The topological polar surface area (TPSA) is 50.4 Å². The number of piperidine rings is 1. The van der Waals surface area contributed by atoms with Crippen molar-refractivity contribution in [2.24, 2.45) is 0 Å². The zero-order chi connectivity index (χ0) is 12.8. The van der Waals surface area contributed by atoms with E-state index in [4.69, 9.17) is 4.74 Å². The quantitative estimate of drug-likeness (QED) is 0.869. The van der Waals surface area contributed by atoms with Crippen molar-refractivity contribution in [3.63, 3.8) is 0 Å². The lowest BCUT2D eigenvalue weighted by Gasteiger charge is -2.34. The van der Waals surface area contributed by atoms with Crippen LogP contribution in [-0.2, 0) is 16.0 Å². The highest BCUT2D eigenvalue weighted by atomic mass is 35.5. The molecule has 1 aromatic heterocycles. The maximum Gasteiger partial charge on any atom is 0.252 e. The smallest absolute Gasteiger partial charge is 0.252 e. The number of thiophene rings is 1. The predicted molar refractivity (Wildman–Crippen MR) is 80.1 cm³/mol. The molecule has 2 rings (SSSR count). The van der Waals surface area contributed by atoms with Gasteiger partial charge in [-0.15, -0.1) is 23.7 Å². The molecular weight excluding hydrogens is 284 g/mol. The van der Waals surface area contributed by atoms with Gasteiger partial charge in [-0.05, 0) is 43.8 Å². The molecule has 1 aromatic rings. The van der Waals surface area contributed by atoms with E-state index >= 15 is 0 Å². The van der Waals surface area contributed by atoms with E-state index in [1.807, 2.05) is 6.07 Å². The van der Waals surface area contributed by atoms with Crippen LogP contribution in [0.2, 0.25) is 0 Å². The Bertz CT molecular complexity index is 378. The van der Waals surface area contributed by atoms with Crippen LogP contribution in [0.4, 0.5) is 0 Å². The van der Waals surface area contributed by atoms with E-state index in [0.29, 0.717) is 6.54 Å². The van der Waals surface area contributed by atoms with Crippen LogP contribution in [0.25, 0.3) is 0 Å². The summed E-state index contributed by atoms with van der Waals surface area (Å²) in [7, 11) is 1.63. The summed E-state index contributed by atoms with van der Waals surface area (Å²) in [6.07, 6.45) is 2.38. The predicted octanol–water partition coefficient (Wildman–Crippen LogP) is 1.60. The summed E-state index contributed by atoms with van der Waals surface area (Å²) in [5.41, 5.74) is -0.624. The Morgan fingerprint density at radius 1 is 1.53 bits per heavy atom. The molecule has 1 saturated heterocycles. The number of hydrogen-bond acceptors (Lipinski definition) is 4. The van der Waals surface area contributed by atoms with Gasteiger partial charge >= 0.3 is 0 Å². The van der Waals surface area contributed by atoms with Gasteiger partial charge in [-0.25, -0.2) is 0 Å². The van der Waals surface area contributed by atoms with Gasteiger partial charge in [0.25, 0.3) is 5.91 Å². The molecule has 2 heterocycles. The van der Waals surface area contributed by atoms with Gasteiger partial charge in [0.2, 0.25) is 0 Å². The standard InChI is InChI=1S/C13H20N2O2S.ClH/c1-17-13(5-8-14-9-6-13)12(16)15-7-4-11-3-2-10-18-11;/h2-3,10,14H,4-9H2,1H3,(H,15,16);1H. The first kappa shape index (κ1) is 16.4. The molecule has 1 aliphatic rings. The van der Waals surface area contributed by atoms with E-state index in [9.17, 15) is 4.79 Å². The van der Waals surface area contributed by atoms with Crippen molar-refractivity contribution in [1.82, 2.24) is 10.6 Å². The molecule has 0 unspecified atom stereocenters. The number of methoxy groups -OCH3 is 1. The third-order valence-electron chi connectivity index (χ3n) is 3.45. The zero-order valence-electron chi connectivity index (χ0n) is 11.1. The van der Waals surface area contributed by atoms with E-state index in [0.717, 1.165) is 32.4 Å². The fourth-order valence-corrected chi connectivity index (χ4v) is 2.98. The second kappa shape index (κ2) is 7.85. The Labute approximate surface area is 124 Å². The lowest BCUT2D eigenvalue weighted by molar-refractivity contribution is -0.146. The number of halogens is 1. The van der Waals surface area contributed by atoms with E-state index in [1.165, 1.54) is 4.88 Å². The molecule has 1 aliphatic heterocycles. The number of hydrogen-bond donors (Lipinski definition) is 2. The third kappa shape index (κ3) is 4.18. The molecule has 19 heavy (non-hydrogen) atoms. The Kier molecular flexibility index (Phi) is 6.79. The van der Waals surface area contributed by atoms with Crippen LogP contribution in [0.15, 0.2) is 17.5 Å². The van der Waals surface area contributed by atoms with Crippen LogP contribution >= 0.6 is 23.7 Å². The lowest BCUT2D eigenvalue weighted by atomic mass is 9.91. The summed E-state index contributed by atoms with van der Waals surface area (Å²) in [4.78, 5) is 13.5. The molecule has 0 bridgehead atoms. The van der Waals surface area contributed by atoms with Gasteiger partial charge < -0.3 is 15.4 Å². The summed E-state index contributed by atoms with van der Waals surface area (Å²) in [6, 6.07) is 4.12. The Hall–Kier alpha value is -0.620. The fourth-order valence-electron chi connectivity index (χ4n) is 2.27. The zero-order valence-corrected chi connectivity index (χ0v) is 12.7. The van der Waals surface area contributed by atoms with E-state index in [1.54, 1.807) is 18.4 Å². The molecule has 6 heteroatoms. The van der Waals surface area contributed by atoms with Gasteiger partial charge in [-0.2, -0.15) is 0 Å². The lowest BCUT2D eigenvalue weighted by Crippen LogP contribution is -2.54. The number of rotatable bonds is 5. The maximum absolute atomic E-state index is 12.2. The SMILES string of the molecule is COC1(C(=O)NCCc2cccs2)CCNCC1.Cl. The van der Waals surface area contributed by atoms with Crippen LogP contribution in [0, 0.1) is 0 Å². The first-order valence-corrected chi connectivity index (χ1v) is 7.21. The maximum atomic E-state index is 12.2. The van der Waals surface area contributed by atoms with E-state index in [2.05, 4.69) is 22.1 Å². The molecular formula is C13H21ClN2O2S. The fraction of sp³-hybridized carbons (Fsp3) is 0.615. The van der Waals surface area contributed by atoms with Crippen LogP contribution in [0.5, 0.6) is 0 Å². The van der Waals surface area contributed by atoms with Gasteiger partial charge in [-0.3, -0.25) is 4.79 Å². The molecule has 0 radical (unpaired) electrons. The van der Waals surface area contributed by atoms with Gasteiger partial charge in [0.15, 0.2) is 0 Å². The normalized spacial score (nSPS) is 17.5. The van der Waals surface area contributed by atoms with Gasteiger partial charge in [0.05, 0.1) is 0 Å². The number of amides is 1. The summed E-state index contributed by atoms with van der Waals surface area (Å²) < 4.78 is 5.48. The summed E-state index contributed by atoms with van der Waals surface area (Å²) in [5, 5.41) is 8.30. The Morgan fingerprint density at radius 2 is 2.26 bits per heavy atom. The summed E-state index contributed by atoms with van der Waals surface area (Å²) in [6.45, 7) is 2.36. The highest BCUT2D eigenvalue weighted by Crippen LogP contribution is 2.22. The molecule has 0 saturated carbocycles. The van der Waals surface area contributed by atoms with Crippen molar-refractivity contribution in [2.75, 3.05) is 26.7 Å². The van der Waals surface area contributed by atoms with Crippen molar-refractivity contribution >= 4 is 29.7 Å². The number of carbonyl (C=O) groups excluding carboxylic acids is 1. The molecule has 2 N–H and O–H groups in total. The van der Waals surface area contributed by atoms with Crippen LogP contribution in [-0.4, -0.2) is 38.3 Å². The second-order valence-electron chi connectivity index (χ2n) is 4.53. The molecule has 0 aliphatic carbocycles. The Balaban J connectivity index is 0.00000180. The summed E-state index contributed by atoms with van der Waals surface area (Å²) in [5.74, 6) is 0.0306. The first-order chi connectivity index (χ1) is 8.77. The largest absolute Gasteiger partial charge is 0.368 e. The van der Waals surface area contributed by atoms with Gasteiger partial charge in [0.1, 0.15) is 5.60 Å². The molecule has 0 spiro atoms. The molecule has 1 amide bonds. The van der Waals surface area contributed by atoms with Crippen LogP contribution in [0.1, 0.15) is 17.7 Å². The van der Waals surface area contributed by atoms with Crippen molar-refractivity contribution in [2.45, 2.75) is 24.9 Å². The average molecular weight is 305 g/mol. The van der Waals surface area contributed by atoms with Crippen molar-refractivity contribution in [3.05, 3.63) is 22.4 Å². The number of carbonyl (C=O) groups is 1. The van der Waals surface area contributed by atoms with E-state index < -0.39 is 5.60 Å². The minimum atomic E-state index is -0.624. The van der Waals surface area contributed by atoms with Gasteiger partial charge in [0, 0.05) is 18.5 Å². The van der Waals surface area contributed by atoms with Gasteiger partial charge in [-0.1, -0.05) is 6.07 Å². The van der Waals surface area contributed by atoms with Crippen molar-refractivity contribution < 1.29 is 9.53 Å². The molecule has 4 nitrogen and oxygen atoms in total. The highest BCUT2D eigenvalue weighted by molar-refractivity contribution is 7.09. The molecule has 1 fully saturated rings. The number of ether oxygens (including phenoxy) is 1. The second-order valence-corrected chi connectivity index (χ2v) is 5.57. The minimum absolute atomic E-state index is 0. The Morgan fingerprint density at radius 3 is 2.84 bits per heavy atom. The highest BCUT2D eigenvalue weighted by Gasteiger charge is 2.39. The van der Waals surface area contributed by atoms with Crippen molar-refractivity contribution in [1.29, 1.82) is 0 Å². The first-order valence-electron chi connectivity index (χ1n) is 6.33. The average Bonchev–Trinajstić information content (AvgIpc) is 2.92.